The van der Waals surface area contributed by atoms with E-state index >= 15 is 0 Å². The third-order valence-electron chi connectivity index (χ3n) is 4.72. The second kappa shape index (κ2) is 7.60. The van der Waals surface area contributed by atoms with Gasteiger partial charge in [-0.15, -0.1) is 0 Å². The normalized spacial score (nSPS) is 15.3. The number of benzene rings is 2. The number of nitrogens with one attached hydrogen (secondary N) is 1. The monoisotopic (exact) mass is 411 g/mol. The average molecular weight is 412 g/mol. The standard InChI is InChI=1S/C20H18ClN5OS/c21-18-19(23-15-4-2-1-3-14(15)22-18)25-20-24-16-6-5-13(11-17(16)28-20)12-26-7-9-27-10-8-26/h1-6,11H,7-10,12H2,(H,23,24,25). The Morgan fingerprint density at radius 1 is 1.00 bits per heavy atom. The predicted octanol–water partition coefficient (Wildman–Crippen LogP) is 4.47. The van der Waals surface area contributed by atoms with Crippen molar-refractivity contribution in [3.8, 4) is 0 Å². The second-order valence-corrected chi connectivity index (χ2v) is 8.08. The Morgan fingerprint density at radius 3 is 2.61 bits per heavy atom. The lowest BCUT2D eigenvalue weighted by molar-refractivity contribution is 0.0342. The topological polar surface area (TPSA) is 63.2 Å². The number of nitrogens with zero attached hydrogens (tertiary/aromatic N) is 4. The molecule has 1 saturated heterocycles. The zero-order chi connectivity index (χ0) is 18.9. The van der Waals surface area contributed by atoms with Crippen molar-refractivity contribution in [3.05, 3.63) is 53.2 Å². The van der Waals surface area contributed by atoms with Crippen molar-refractivity contribution in [2.45, 2.75) is 6.54 Å². The minimum absolute atomic E-state index is 0.339. The summed E-state index contributed by atoms with van der Waals surface area (Å²) in [6.07, 6.45) is 0. The summed E-state index contributed by atoms with van der Waals surface area (Å²) in [6.45, 7) is 4.51. The minimum Gasteiger partial charge on any atom is -0.379 e. The highest BCUT2D eigenvalue weighted by Crippen LogP contribution is 2.31. The molecule has 3 heterocycles. The van der Waals surface area contributed by atoms with Crippen LogP contribution in [0.4, 0.5) is 10.9 Å². The van der Waals surface area contributed by atoms with E-state index in [1.54, 1.807) is 11.3 Å². The molecule has 1 N–H and O–H groups in total. The Labute approximate surface area is 171 Å². The van der Waals surface area contributed by atoms with Crippen LogP contribution in [0.1, 0.15) is 5.56 Å². The molecule has 0 saturated carbocycles. The van der Waals surface area contributed by atoms with Crippen molar-refractivity contribution in [2.24, 2.45) is 0 Å². The third-order valence-corrected chi connectivity index (χ3v) is 5.91. The van der Waals surface area contributed by atoms with Gasteiger partial charge < -0.3 is 10.1 Å². The molecule has 4 aromatic rings. The molecule has 0 radical (unpaired) electrons. The van der Waals surface area contributed by atoms with Crippen LogP contribution in [-0.4, -0.2) is 46.2 Å². The largest absolute Gasteiger partial charge is 0.379 e. The molecule has 0 atom stereocenters. The van der Waals surface area contributed by atoms with Crippen LogP contribution in [0.25, 0.3) is 21.3 Å². The summed E-state index contributed by atoms with van der Waals surface area (Å²) in [5, 5.41) is 4.32. The van der Waals surface area contributed by atoms with Crippen molar-refractivity contribution in [2.75, 3.05) is 31.6 Å². The van der Waals surface area contributed by atoms with Gasteiger partial charge in [0.15, 0.2) is 16.1 Å². The molecule has 28 heavy (non-hydrogen) atoms. The molecule has 1 aliphatic heterocycles. The van der Waals surface area contributed by atoms with Crippen LogP contribution in [-0.2, 0) is 11.3 Å². The Hall–Kier alpha value is -2.32. The molecule has 0 aliphatic carbocycles. The first-order chi connectivity index (χ1) is 13.7. The first-order valence-electron chi connectivity index (χ1n) is 9.13. The zero-order valence-corrected chi connectivity index (χ0v) is 16.6. The van der Waals surface area contributed by atoms with Crippen molar-refractivity contribution in [3.63, 3.8) is 0 Å². The Balaban J connectivity index is 1.39. The van der Waals surface area contributed by atoms with E-state index in [9.17, 15) is 0 Å². The van der Waals surface area contributed by atoms with Gasteiger partial charge in [0, 0.05) is 19.6 Å². The number of fused-ring (bicyclic) bond motifs is 2. The predicted molar refractivity (Wildman–Crippen MR) is 114 cm³/mol. The third kappa shape index (κ3) is 3.66. The molecule has 2 aromatic heterocycles. The molecule has 6 nitrogen and oxygen atoms in total. The maximum Gasteiger partial charge on any atom is 0.189 e. The van der Waals surface area contributed by atoms with Crippen molar-refractivity contribution in [1.82, 2.24) is 19.9 Å². The number of hydrogen-bond donors (Lipinski definition) is 1. The maximum atomic E-state index is 6.31. The number of thiazole rings is 1. The highest BCUT2D eigenvalue weighted by molar-refractivity contribution is 7.22. The number of aromatic nitrogens is 3. The Kier molecular flexibility index (Phi) is 4.82. The van der Waals surface area contributed by atoms with Gasteiger partial charge in [0.1, 0.15) is 0 Å². The van der Waals surface area contributed by atoms with Gasteiger partial charge >= 0.3 is 0 Å². The molecule has 142 valence electrons. The lowest BCUT2D eigenvalue weighted by Gasteiger charge is -2.26. The smallest absolute Gasteiger partial charge is 0.189 e. The fourth-order valence-electron chi connectivity index (χ4n) is 3.30. The van der Waals surface area contributed by atoms with E-state index < -0.39 is 0 Å². The number of anilines is 2. The van der Waals surface area contributed by atoms with Crippen LogP contribution in [0, 0.1) is 0 Å². The number of morpholine rings is 1. The van der Waals surface area contributed by atoms with Crippen LogP contribution >= 0.6 is 22.9 Å². The summed E-state index contributed by atoms with van der Waals surface area (Å²) < 4.78 is 6.56. The fraction of sp³-hybridized carbons (Fsp3) is 0.250. The van der Waals surface area contributed by atoms with E-state index in [4.69, 9.17) is 16.3 Å². The molecule has 8 heteroatoms. The van der Waals surface area contributed by atoms with Gasteiger partial charge in [0.25, 0.3) is 0 Å². The quantitative estimate of drug-likeness (QED) is 0.534. The molecule has 0 spiro atoms. The van der Waals surface area contributed by atoms with E-state index in [0.717, 1.165) is 59.2 Å². The Morgan fingerprint density at radius 2 is 1.79 bits per heavy atom. The molecule has 5 rings (SSSR count). The molecule has 1 fully saturated rings. The second-order valence-electron chi connectivity index (χ2n) is 6.69. The van der Waals surface area contributed by atoms with Crippen molar-refractivity contribution < 1.29 is 4.74 Å². The Bertz CT molecular complexity index is 1140. The SMILES string of the molecule is Clc1nc2ccccc2nc1Nc1nc2ccc(CN3CCOCC3)cc2s1. The lowest BCUT2D eigenvalue weighted by atomic mass is 10.2. The number of ether oxygens (including phenoxy) is 1. The number of para-hydroxylation sites is 2. The first kappa shape index (κ1) is 17.8. The maximum absolute atomic E-state index is 6.31. The summed E-state index contributed by atoms with van der Waals surface area (Å²) in [5.74, 6) is 0.521. The molecular weight excluding hydrogens is 394 g/mol. The molecule has 0 amide bonds. The highest BCUT2D eigenvalue weighted by atomic mass is 35.5. The lowest BCUT2D eigenvalue weighted by Crippen LogP contribution is -2.35. The van der Waals surface area contributed by atoms with Gasteiger partial charge in [-0.25, -0.2) is 15.0 Å². The molecule has 2 aromatic carbocycles. The highest BCUT2D eigenvalue weighted by Gasteiger charge is 2.13. The van der Waals surface area contributed by atoms with E-state index in [0.29, 0.717) is 11.0 Å². The van der Waals surface area contributed by atoms with Gasteiger partial charge in [0.05, 0.1) is 34.5 Å². The van der Waals surface area contributed by atoms with Crippen LogP contribution in [0.5, 0.6) is 0 Å². The minimum atomic E-state index is 0.339. The number of hydrogen-bond acceptors (Lipinski definition) is 7. The molecular formula is C20H18ClN5OS. The summed E-state index contributed by atoms with van der Waals surface area (Å²) in [5.41, 5.74) is 3.81. The zero-order valence-electron chi connectivity index (χ0n) is 15.1. The van der Waals surface area contributed by atoms with Crippen molar-refractivity contribution in [1.29, 1.82) is 0 Å². The number of halogens is 1. The number of rotatable bonds is 4. The molecule has 0 bridgehead atoms. The summed E-state index contributed by atoms with van der Waals surface area (Å²) in [7, 11) is 0. The van der Waals surface area contributed by atoms with Crippen LogP contribution < -0.4 is 5.32 Å². The molecule has 1 aliphatic rings. The van der Waals surface area contributed by atoms with E-state index in [-0.39, 0.29) is 0 Å². The van der Waals surface area contributed by atoms with Gasteiger partial charge in [-0.3, -0.25) is 4.90 Å². The van der Waals surface area contributed by atoms with Gasteiger partial charge in [-0.2, -0.15) is 0 Å². The van der Waals surface area contributed by atoms with Crippen LogP contribution in [0.15, 0.2) is 42.5 Å². The van der Waals surface area contributed by atoms with Gasteiger partial charge in [0.2, 0.25) is 0 Å². The van der Waals surface area contributed by atoms with Gasteiger partial charge in [-0.05, 0) is 29.8 Å². The molecule has 0 unspecified atom stereocenters. The van der Waals surface area contributed by atoms with Gasteiger partial charge in [-0.1, -0.05) is 41.1 Å². The first-order valence-corrected chi connectivity index (χ1v) is 10.3. The van der Waals surface area contributed by atoms with E-state index in [1.165, 1.54) is 5.56 Å². The van der Waals surface area contributed by atoms with E-state index in [1.807, 2.05) is 24.3 Å². The summed E-state index contributed by atoms with van der Waals surface area (Å²) in [6, 6.07) is 14.1. The summed E-state index contributed by atoms with van der Waals surface area (Å²) in [4.78, 5) is 16.1. The summed E-state index contributed by atoms with van der Waals surface area (Å²) >= 11 is 7.90. The fourth-order valence-corrected chi connectivity index (χ4v) is 4.41. The van der Waals surface area contributed by atoms with Crippen LogP contribution in [0.2, 0.25) is 5.15 Å². The van der Waals surface area contributed by atoms with Crippen molar-refractivity contribution >= 4 is 55.1 Å². The van der Waals surface area contributed by atoms with E-state index in [2.05, 4.69) is 43.4 Å². The van der Waals surface area contributed by atoms with Crippen LogP contribution in [0.3, 0.4) is 0 Å². The average Bonchev–Trinajstić information content (AvgIpc) is 3.11.